The summed E-state index contributed by atoms with van der Waals surface area (Å²) in [6.45, 7) is 7.89. The zero-order valence-corrected chi connectivity index (χ0v) is 25.6. The maximum absolute atomic E-state index is 13.8. The number of ether oxygens (including phenoxy) is 1. The number of halogens is 1. The van der Waals surface area contributed by atoms with Crippen molar-refractivity contribution in [3.8, 4) is 11.9 Å². The third kappa shape index (κ3) is 5.71. The molecular formula is C33H40FN7O3. The van der Waals surface area contributed by atoms with Gasteiger partial charge in [0.15, 0.2) is 5.83 Å². The largest absolute Gasteiger partial charge is 0.476 e. The Morgan fingerprint density at radius 3 is 2.70 bits per heavy atom. The lowest BCUT2D eigenvalue weighted by Gasteiger charge is -2.43. The van der Waals surface area contributed by atoms with Gasteiger partial charge in [0.25, 0.3) is 11.8 Å². The molecular weight excluding hydrogens is 561 g/mol. The Morgan fingerprint density at radius 2 is 1.95 bits per heavy atom. The molecule has 44 heavy (non-hydrogen) atoms. The molecule has 1 aromatic carbocycles. The minimum Gasteiger partial charge on any atom is -0.476 e. The number of nitrogens with zero attached hydrogens (tertiary/aromatic N) is 7. The number of pyridine rings is 1. The Hall–Kier alpha value is -4.17. The molecule has 2 fully saturated rings. The normalized spacial score (nSPS) is 22.0. The average molecular weight is 602 g/mol. The van der Waals surface area contributed by atoms with Crippen LogP contribution in [-0.4, -0.2) is 104 Å². The molecule has 2 aromatic rings. The van der Waals surface area contributed by atoms with E-state index in [1.54, 1.807) is 4.90 Å². The molecule has 4 aliphatic rings. The second kappa shape index (κ2) is 12.4. The Morgan fingerprint density at radius 1 is 1.11 bits per heavy atom. The lowest BCUT2D eigenvalue weighted by molar-refractivity contribution is -0.131. The van der Waals surface area contributed by atoms with Crippen molar-refractivity contribution in [2.24, 2.45) is 0 Å². The molecule has 11 heteroatoms. The minimum atomic E-state index is -1.01. The second-order valence-electron chi connectivity index (χ2n) is 12.3. The van der Waals surface area contributed by atoms with E-state index in [-0.39, 0.29) is 18.9 Å². The van der Waals surface area contributed by atoms with Crippen molar-refractivity contribution in [3.05, 3.63) is 59.1 Å². The van der Waals surface area contributed by atoms with Crippen LogP contribution in [0.15, 0.2) is 36.7 Å². The molecule has 0 N–H and O–H groups in total. The van der Waals surface area contributed by atoms with Gasteiger partial charge in [0.05, 0.1) is 42.0 Å². The average Bonchev–Trinajstić information content (AvgIpc) is 3.44. The van der Waals surface area contributed by atoms with E-state index in [9.17, 15) is 19.2 Å². The number of fused-ring (bicyclic) bond motifs is 2. The van der Waals surface area contributed by atoms with Crippen LogP contribution in [0.3, 0.4) is 0 Å². The quantitative estimate of drug-likeness (QED) is 0.447. The molecule has 0 unspecified atom stereocenters. The highest BCUT2D eigenvalue weighted by Crippen LogP contribution is 2.37. The first-order chi connectivity index (χ1) is 21.2. The minimum absolute atomic E-state index is 0.0472. The molecule has 232 valence electrons. The van der Waals surface area contributed by atoms with Gasteiger partial charge >= 0.3 is 0 Å². The number of amides is 2. The third-order valence-corrected chi connectivity index (χ3v) is 9.62. The lowest BCUT2D eigenvalue weighted by atomic mass is 9.95. The first kappa shape index (κ1) is 29.9. The first-order valence-corrected chi connectivity index (χ1v) is 15.5. The predicted molar refractivity (Wildman–Crippen MR) is 165 cm³/mol. The van der Waals surface area contributed by atoms with Gasteiger partial charge in [-0.2, -0.15) is 5.26 Å². The van der Waals surface area contributed by atoms with E-state index in [1.807, 2.05) is 31.3 Å². The number of rotatable bonds is 7. The van der Waals surface area contributed by atoms with Crippen molar-refractivity contribution in [3.63, 3.8) is 0 Å². The lowest BCUT2D eigenvalue weighted by Crippen LogP contribution is -2.55. The number of hydrogen-bond donors (Lipinski definition) is 0. The van der Waals surface area contributed by atoms with Crippen molar-refractivity contribution < 1.29 is 18.7 Å². The number of piperazine rings is 1. The van der Waals surface area contributed by atoms with Gasteiger partial charge in [0, 0.05) is 63.1 Å². The van der Waals surface area contributed by atoms with Crippen molar-refractivity contribution in [1.29, 1.82) is 5.26 Å². The van der Waals surface area contributed by atoms with E-state index in [4.69, 9.17) is 9.72 Å². The van der Waals surface area contributed by atoms with Crippen LogP contribution in [0.25, 0.3) is 0 Å². The molecule has 0 radical (unpaired) electrons. The number of benzene rings is 1. The van der Waals surface area contributed by atoms with Gasteiger partial charge in [-0.1, -0.05) is 18.7 Å². The first-order valence-electron chi connectivity index (χ1n) is 15.5. The molecule has 0 saturated carbocycles. The SMILES string of the molecule is C=C(F)C(=O)N1CCN(c2cc(OC[C@@H]3CCCN3C)nc3c2CCN(c2cccc4c2C(=O)N(C)CC4)C3)C[C@@H]1CC#N. The summed E-state index contributed by atoms with van der Waals surface area (Å²) in [6, 6.07) is 10.1. The molecule has 2 saturated heterocycles. The summed E-state index contributed by atoms with van der Waals surface area (Å²) in [6.07, 6.45) is 3.86. The highest BCUT2D eigenvalue weighted by molar-refractivity contribution is 6.02. The van der Waals surface area contributed by atoms with Crippen molar-refractivity contribution >= 4 is 23.2 Å². The molecule has 0 aliphatic carbocycles. The number of likely N-dealkylation sites (N-methyl/N-ethyl adjacent to an activating group) is 2. The highest BCUT2D eigenvalue weighted by atomic mass is 19.1. The summed E-state index contributed by atoms with van der Waals surface area (Å²) < 4.78 is 20.2. The maximum atomic E-state index is 13.8. The van der Waals surface area contributed by atoms with E-state index in [1.165, 1.54) is 4.90 Å². The van der Waals surface area contributed by atoms with Crippen LogP contribution in [0.5, 0.6) is 5.88 Å². The van der Waals surface area contributed by atoms with Gasteiger partial charge in [-0.3, -0.25) is 9.59 Å². The fraction of sp³-hybridized carbons (Fsp3) is 0.515. The summed E-state index contributed by atoms with van der Waals surface area (Å²) in [5.74, 6) is -1.18. The number of aromatic nitrogens is 1. The van der Waals surface area contributed by atoms with Crippen LogP contribution in [0, 0.1) is 11.3 Å². The van der Waals surface area contributed by atoms with Crippen LogP contribution in [-0.2, 0) is 24.2 Å². The van der Waals surface area contributed by atoms with Gasteiger partial charge in [0.2, 0.25) is 5.88 Å². The van der Waals surface area contributed by atoms with Gasteiger partial charge in [-0.15, -0.1) is 0 Å². The Kier molecular flexibility index (Phi) is 8.45. The van der Waals surface area contributed by atoms with E-state index < -0.39 is 17.8 Å². The number of nitriles is 1. The monoisotopic (exact) mass is 601 g/mol. The van der Waals surface area contributed by atoms with E-state index in [0.717, 1.165) is 59.6 Å². The predicted octanol–water partition coefficient (Wildman–Crippen LogP) is 3.16. The van der Waals surface area contributed by atoms with Gasteiger partial charge in [-0.25, -0.2) is 9.37 Å². The molecule has 2 amide bonds. The molecule has 2 atom stereocenters. The molecule has 6 rings (SSSR count). The Bertz CT molecular complexity index is 1510. The number of likely N-dealkylation sites (tertiary alicyclic amines) is 1. The zero-order chi connectivity index (χ0) is 31.0. The molecule has 0 spiro atoms. The second-order valence-corrected chi connectivity index (χ2v) is 12.3. The molecule has 5 heterocycles. The summed E-state index contributed by atoms with van der Waals surface area (Å²) in [5.41, 5.74) is 5.75. The smallest absolute Gasteiger partial charge is 0.282 e. The van der Waals surface area contributed by atoms with Crippen LogP contribution < -0.4 is 14.5 Å². The summed E-state index contributed by atoms with van der Waals surface area (Å²) in [4.78, 5) is 40.7. The van der Waals surface area contributed by atoms with Crippen molar-refractivity contribution in [1.82, 2.24) is 19.7 Å². The van der Waals surface area contributed by atoms with Crippen molar-refractivity contribution in [2.75, 3.05) is 69.8 Å². The van der Waals surface area contributed by atoms with Crippen LogP contribution >= 0.6 is 0 Å². The fourth-order valence-electron chi connectivity index (χ4n) is 7.09. The van der Waals surface area contributed by atoms with Crippen LogP contribution in [0.4, 0.5) is 15.8 Å². The van der Waals surface area contributed by atoms with Crippen LogP contribution in [0.1, 0.15) is 46.4 Å². The molecule has 1 aromatic heterocycles. The van der Waals surface area contributed by atoms with Crippen LogP contribution in [0.2, 0.25) is 0 Å². The Balaban J connectivity index is 1.33. The van der Waals surface area contributed by atoms with E-state index in [0.29, 0.717) is 57.7 Å². The number of carbonyl (C=O) groups excluding carboxylic acids is 2. The fourth-order valence-corrected chi connectivity index (χ4v) is 7.09. The highest BCUT2D eigenvalue weighted by Gasteiger charge is 2.35. The zero-order valence-electron chi connectivity index (χ0n) is 25.6. The standard InChI is InChI=1S/C33H40FN7O3/c1-22(34)32(42)41-17-16-40(19-24(41)9-12-35)29-18-30(44-21-25-7-5-13-37(25)2)36-27-20-39(15-11-26(27)29)28-8-4-6-23-10-14-38(3)33(43)31(23)28/h4,6,8,18,24-25H,1,5,7,9-11,13-17,19-21H2,2-3H3/t24-,25-/m0/s1. The molecule has 4 aliphatic heterocycles. The van der Waals surface area contributed by atoms with Gasteiger partial charge in [0.1, 0.15) is 6.61 Å². The van der Waals surface area contributed by atoms with Crippen molar-refractivity contribution in [2.45, 2.75) is 50.7 Å². The molecule has 0 bridgehead atoms. The maximum Gasteiger partial charge on any atom is 0.282 e. The third-order valence-electron chi connectivity index (χ3n) is 9.62. The number of carbonyl (C=O) groups is 2. The summed E-state index contributed by atoms with van der Waals surface area (Å²) in [7, 11) is 3.97. The Labute approximate surface area is 258 Å². The van der Waals surface area contributed by atoms with E-state index >= 15 is 0 Å². The number of anilines is 2. The van der Waals surface area contributed by atoms with Gasteiger partial charge in [-0.05, 0) is 50.9 Å². The topological polar surface area (TPSA) is 96.2 Å². The summed E-state index contributed by atoms with van der Waals surface area (Å²) >= 11 is 0. The van der Waals surface area contributed by atoms with E-state index in [2.05, 4.69) is 34.4 Å². The number of hydrogen-bond acceptors (Lipinski definition) is 8. The molecule has 10 nitrogen and oxygen atoms in total. The summed E-state index contributed by atoms with van der Waals surface area (Å²) in [5, 5.41) is 9.51. The van der Waals surface area contributed by atoms with Gasteiger partial charge < -0.3 is 29.2 Å².